The molecule has 2 aromatic carbocycles. The number of ether oxygens (including phenoxy) is 1. The van der Waals surface area contributed by atoms with Crippen LogP contribution in [0, 0.1) is 0 Å². The first kappa shape index (κ1) is 18.9. The molecule has 1 aliphatic rings. The molecule has 0 radical (unpaired) electrons. The van der Waals surface area contributed by atoms with Gasteiger partial charge in [0.2, 0.25) is 6.10 Å². The summed E-state index contributed by atoms with van der Waals surface area (Å²) in [6.07, 6.45) is -0.665. The number of carbonyl (C=O) groups is 1. The quantitative estimate of drug-likeness (QED) is 0.783. The van der Waals surface area contributed by atoms with E-state index in [9.17, 15) is 4.79 Å². The summed E-state index contributed by atoms with van der Waals surface area (Å²) in [6.45, 7) is 3.63. The summed E-state index contributed by atoms with van der Waals surface area (Å²) < 4.78 is 7.04. The van der Waals surface area contributed by atoms with Crippen LogP contribution in [0.25, 0.3) is 0 Å². The Morgan fingerprint density at radius 3 is 2.31 bits per heavy atom. The van der Waals surface area contributed by atoms with E-state index in [0.717, 1.165) is 23.1 Å². The third-order valence-corrected chi connectivity index (χ3v) is 5.02. The SMILES string of the molecule is O=C(C(Oc1ccc(Br)cc1)c1ccccc1)N1CCN(CCO)CC1. The number of carbonyl (C=O) groups excluding carboxylic acids is 1. The molecule has 6 heteroatoms. The van der Waals surface area contributed by atoms with Crippen molar-refractivity contribution in [3.8, 4) is 5.75 Å². The van der Waals surface area contributed by atoms with Crippen LogP contribution in [0.3, 0.4) is 0 Å². The molecule has 0 aliphatic carbocycles. The Balaban J connectivity index is 1.75. The molecule has 1 heterocycles. The van der Waals surface area contributed by atoms with Crippen LogP contribution in [0.15, 0.2) is 59.1 Å². The van der Waals surface area contributed by atoms with E-state index in [4.69, 9.17) is 9.84 Å². The summed E-state index contributed by atoms with van der Waals surface area (Å²) in [5.41, 5.74) is 0.846. The van der Waals surface area contributed by atoms with Gasteiger partial charge in [0.05, 0.1) is 6.61 Å². The summed E-state index contributed by atoms with van der Waals surface area (Å²) in [4.78, 5) is 17.2. The van der Waals surface area contributed by atoms with Gasteiger partial charge in [-0.3, -0.25) is 9.69 Å². The highest BCUT2D eigenvalue weighted by molar-refractivity contribution is 9.10. The molecule has 1 N–H and O–H groups in total. The van der Waals surface area contributed by atoms with Gasteiger partial charge in [0.25, 0.3) is 5.91 Å². The normalized spacial score (nSPS) is 16.3. The minimum absolute atomic E-state index is 0.0252. The Hall–Kier alpha value is -1.89. The van der Waals surface area contributed by atoms with Gasteiger partial charge in [-0.15, -0.1) is 0 Å². The standard InChI is InChI=1S/C20H23BrN2O3/c21-17-6-8-18(9-7-17)26-19(16-4-2-1-3-5-16)20(25)23-12-10-22(11-13-23)14-15-24/h1-9,19,24H,10-15H2. The van der Waals surface area contributed by atoms with Gasteiger partial charge >= 0.3 is 0 Å². The second-order valence-electron chi connectivity index (χ2n) is 6.25. The van der Waals surface area contributed by atoms with E-state index in [1.807, 2.05) is 59.5 Å². The van der Waals surface area contributed by atoms with Crippen LogP contribution in [-0.4, -0.2) is 60.1 Å². The monoisotopic (exact) mass is 418 g/mol. The summed E-state index contributed by atoms with van der Waals surface area (Å²) in [5.74, 6) is 0.636. The van der Waals surface area contributed by atoms with Gasteiger partial charge < -0.3 is 14.7 Å². The Morgan fingerprint density at radius 2 is 1.69 bits per heavy atom. The number of rotatable bonds is 6. The van der Waals surface area contributed by atoms with E-state index >= 15 is 0 Å². The first-order chi connectivity index (χ1) is 12.7. The van der Waals surface area contributed by atoms with E-state index in [2.05, 4.69) is 20.8 Å². The van der Waals surface area contributed by atoms with Gasteiger partial charge in [0, 0.05) is 42.8 Å². The number of hydrogen-bond donors (Lipinski definition) is 1. The number of hydrogen-bond acceptors (Lipinski definition) is 4. The fraction of sp³-hybridized carbons (Fsp3) is 0.350. The van der Waals surface area contributed by atoms with Gasteiger partial charge in [-0.2, -0.15) is 0 Å². The first-order valence-corrected chi connectivity index (χ1v) is 9.56. The molecule has 1 unspecified atom stereocenters. The molecule has 0 bridgehead atoms. The van der Waals surface area contributed by atoms with Crippen LogP contribution in [0.5, 0.6) is 5.75 Å². The highest BCUT2D eigenvalue weighted by atomic mass is 79.9. The van der Waals surface area contributed by atoms with Crippen LogP contribution < -0.4 is 4.74 Å². The van der Waals surface area contributed by atoms with Crippen molar-refractivity contribution in [2.45, 2.75) is 6.10 Å². The number of aliphatic hydroxyl groups is 1. The first-order valence-electron chi connectivity index (χ1n) is 8.76. The van der Waals surface area contributed by atoms with Crippen molar-refractivity contribution in [2.75, 3.05) is 39.3 Å². The molecular formula is C20H23BrN2O3. The molecular weight excluding hydrogens is 396 g/mol. The predicted octanol–water partition coefficient (Wildman–Crippen LogP) is 2.71. The lowest BCUT2D eigenvalue weighted by atomic mass is 10.1. The fourth-order valence-electron chi connectivity index (χ4n) is 3.04. The maximum Gasteiger partial charge on any atom is 0.268 e. The zero-order chi connectivity index (χ0) is 18.4. The third-order valence-electron chi connectivity index (χ3n) is 4.49. The average molecular weight is 419 g/mol. The molecule has 0 aromatic heterocycles. The summed E-state index contributed by atoms with van der Waals surface area (Å²) in [5, 5.41) is 9.07. The molecule has 138 valence electrons. The largest absolute Gasteiger partial charge is 0.476 e. The topological polar surface area (TPSA) is 53.0 Å². The van der Waals surface area contributed by atoms with Gasteiger partial charge in [0.15, 0.2) is 0 Å². The molecule has 5 nitrogen and oxygen atoms in total. The second kappa shape index (κ2) is 9.16. The van der Waals surface area contributed by atoms with Gasteiger partial charge in [-0.1, -0.05) is 46.3 Å². The molecule has 1 aliphatic heterocycles. The zero-order valence-corrected chi connectivity index (χ0v) is 16.1. The van der Waals surface area contributed by atoms with Crippen LogP contribution >= 0.6 is 15.9 Å². The van der Waals surface area contributed by atoms with Gasteiger partial charge in [-0.25, -0.2) is 0 Å². The van der Waals surface area contributed by atoms with Crippen molar-refractivity contribution < 1.29 is 14.6 Å². The predicted molar refractivity (Wildman–Crippen MR) is 104 cm³/mol. The van der Waals surface area contributed by atoms with Crippen LogP contribution in [0.2, 0.25) is 0 Å². The number of halogens is 1. The minimum Gasteiger partial charge on any atom is -0.476 e. The van der Waals surface area contributed by atoms with Crippen molar-refractivity contribution in [1.29, 1.82) is 0 Å². The lowest BCUT2D eigenvalue weighted by Crippen LogP contribution is -2.51. The highest BCUT2D eigenvalue weighted by Gasteiger charge is 2.30. The summed E-state index contributed by atoms with van der Waals surface area (Å²) >= 11 is 3.41. The lowest BCUT2D eigenvalue weighted by molar-refractivity contribution is -0.140. The molecule has 0 saturated carbocycles. The molecule has 0 spiro atoms. The molecule has 1 saturated heterocycles. The molecule has 1 amide bonds. The van der Waals surface area contributed by atoms with Crippen LogP contribution in [-0.2, 0) is 4.79 Å². The molecule has 3 rings (SSSR count). The van der Waals surface area contributed by atoms with E-state index in [1.165, 1.54) is 0 Å². The van der Waals surface area contributed by atoms with Crippen LogP contribution in [0.1, 0.15) is 11.7 Å². The van der Waals surface area contributed by atoms with Crippen molar-refractivity contribution >= 4 is 21.8 Å². The Labute approximate surface area is 162 Å². The van der Waals surface area contributed by atoms with E-state index < -0.39 is 6.10 Å². The van der Waals surface area contributed by atoms with E-state index in [0.29, 0.717) is 25.4 Å². The number of aliphatic hydroxyl groups excluding tert-OH is 1. The summed E-state index contributed by atoms with van der Waals surface area (Å²) in [7, 11) is 0. The van der Waals surface area contributed by atoms with Crippen molar-refractivity contribution in [3.05, 3.63) is 64.6 Å². The lowest BCUT2D eigenvalue weighted by Gasteiger charge is -2.36. The molecule has 1 fully saturated rings. The minimum atomic E-state index is -0.665. The van der Waals surface area contributed by atoms with E-state index in [1.54, 1.807) is 0 Å². The van der Waals surface area contributed by atoms with Gasteiger partial charge in [0.1, 0.15) is 5.75 Å². The maximum atomic E-state index is 13.2. The smallest absolute Gasteiger partial charge is 0.268 e. The Bertz CT molecular complexity index is 701. The highest BCUT2D eigenvalue weighted by Crippen LogP contribution is 2.26. The van der Waals surface area contributed by atoms with Gasteiger partial charge in [-0.05, 0) is 24.3 Å². The number of nitrogens with zero attached hydrogens (tertiary/aromatic N) is 2. The summed E-state index contributed by atoms with van der Waals surface area (Å²) in [6, 6.07) is 17.1. The van der Waals surface area contributed by atoms with Crippen molar-refractivity contribution in [1.82, 2.24) is 9.80 Å². The number of benzene rings is 2. The average Bonchev–Trinajstić information content (AvgIpc) is 2.68. The van der Waals surface area contributed by atoms with Crippen LogP contribution in [0.4, 0.5) is 0 Å². The maximum absolute atomic E-state index is 13.2. The molecule has 2 aromatic rings. The molecule has 26 heavy (non-hydrogen) atoms. The van der Waals surface area contributed by atoms with Crippen molar-refractivity contribution in [3.63, 3.8) is 0 Å². The second-order valence-corrected chi connectivity index (χ2v) is 7.17. The van der Waals surface area contributed by atoms with E-state index in [-0.39, 0.29) is 12.5 Å². The number of β-amino-alcohol motifs (C(OH)–C–C–N with tert-alkyl or cyclic N) is 1. The zero-order valence-electron chi connectivity index (χ0n) is 14.6. The molecule has 1 atom stereocenters. The number of piperazine rings is 1. The Morgan fingerprint density at radius 1 is 1.04 bits per heavy atom. The Kier molecular flexibility index (Phi) is 6.66. The number of amides is 1. The fourth-order valence-corrected chi connectivity index (χ4v) is 3.30. The van der Waals surface area contributed by atoms with Crippen molar-refractivity contribution in [2.24, 2.45) is 0 Å². The third kappa shape index (κ3) is 4.84.